The molecule has 0 atom stereocenters. The SMILES string of the molecule is F[B-](F)(F)COCc1ccccc1Cl.[K+]. The first-order valence-electron chi connectivity index (χ1n) is 4.01. The van der Waals surface area contributed by atoms with Gasteiger partial charge < -0.3 is 17.7 Å². The summed E-state index contributed by atoms with van der Waals surface area (Å²) in [5.74, 6) is 0. The summed E-state index contributed by atoms with van der Waals surface area (Å²) >= 11 is 5.72. The molecule has 0 aliphatic rings. The Morgan fingerprint density at radius 1 is 1.20 bits per heavy atom. The van der Waals surface area contributed by atoms with Gasteiger partial charge in [-0.15, -0.1) is 0 Å². The van der Waals surface area contributed by atoms with Crippen LogP contribution in [0.25, 0.3) is 0 Å². The maximum Gasteiger partial charge on any atom is 1.00 e. The molecule has 0 N–H and O–H groups in total. The fourth-order valence-corrected chi connectivity index (χ4v) is 1.11. The number of rotatable bonds is 4. The molecule has 0 fully saturated rings. The van der Waals surface area contributed by atoms with Gasteiger partial charge in [-0.05, 0) is 11.6 Å². The molecule has 1 nitrogen and oxygen atoms in total. The molecule has 1 aromatic carbocycles. The predicted molar refractivity (Wildman–Crippen MR) is 50.2 cm³/mol. The third-order valence-electron chi connectivity index (χ3n) is 1.52. The van der Waals surface area contributed by atoms with Gasteiger partial charge in [0.2, 0.25) is 0 Å². The number of benzene rings is 1. The van der Waals surface area contributed by atoms with Crippen LogP contribution in [0.1, 0.15) is 5.56 Å². The minimum absolute atomic E-state index is 0. The van der Waals surface area contributed by atoms with Gasteiger partial charge in [0.25, 0.3) is 0 Å². The maximum absolute atomic E-state index is 11.8. The molecule has 0 radical (unpaired) electrons. The summed E-state index contributed by atoms with van der Waals surface area (Å²) in [5, 5.41) is 0.419. The van der Waals surface area contributed by atoms with Crippen LogP contribution in [0.15, 0.2) is 24.3 Å². The van der Waals surface area contributed by atoms with Gasteiger partial charge in [-0.25, -0.2) is 0 Å². The molecule has 78 valence electrons. The summed E-state index contributed by atoms with van der Waals surface area (Å²) in [6.45, 7) is -6.18. The molecule has 1 rings (SSSR count). The van der Waals surface area contributed by atoms with Gasteiger partial charge in [-0.1, -0.05) is 29.8 Å². The van der Waals surface area contributed by atoms with E-state index in [-0.39, 0.29) is 58.0 Å². The van der Waals surface area contributed by atoms with Crippen LogP contribution in [-0.4, -0.2) is 13.5 Å². The van der Waals surface area contributed by atoms with E-state index in [1.807, 2.05) is 0 Å². The largest absolute Gasteiger partial charge is 1.00 e. The summed E-state index contributed by atoms with van der Waals surface area (Å²) in [5.41, 5.74) is 0.564. The molecule has 0 saturated heterocycles. The molecule has 0 aliphatic carbocycles. The molecule has 7 heteroatoms. The van der Waals surface area contributed by atoms with Crippen LogP contribution in [0.2, 0.25) is 5.02 Å². The summed E-state index contributed by atoms with van der Waals surface area (Å²) in [6, 6.07) is 6.65. The van der Waals surface area contributed by atoms with Crippen molar-refractivity contribution in [1.82, 2.24) is 0 Å². The monoisotopic (exact) mass is 262 g/mol. The Balaban J connectivity index is 0.00000196. The number of ether oxygens (including phenoxy) is 1. The molecule has 1 aromatic rings. The molecule has 0 aromatic heterocycles. The zero-order valence-electron chi connectivity index (χ0n) is 8.22. The average molecular weight is 263 g/mol. The van der Waals surface area contributed by atoms with E-state index >= 15 is 0 Å². The zero-order valence-corrected chi connectivity index (χ0v) is 12.1. The summed E-state index contributed by atoms with van der Waals surface area (Å²) in [7, 11) is 0. The molecule has 0 saturated carbocycles. The second-order valence-electron chi connectivity index (χ2n) is 2.82. The van der Waals surface area contributed by atoms with Gasteiger partial charge >= 0.3 is 58.4 Å². The second kappa shape index (κ2) is 7.32. The summed E-state index contributed by atoms with van der Waals surface area (Å²) in [6.07, 6.45) is 0. The van der Waals surface area contributed by atoms with E-state index < -0.39 is 13.5 Å². The maximum atomic E-state index is 11.8. The average Bonchev–Trinajstić information content (AvgIpc) is 2.06. The van der Waals surface area contributed by atoms with Crippen molar-refractivity contribution in [1.29, 1.82) is 0 Å². The molecule has 0 spiro atoms. The van der Waals surface area contributed by atoms with Crippen molar-refractivity contribution in [2.45, 2.75) is 6.61 Å². The molecule has 0 aliphatic heterocycles. The van der Waals surface area contributed by atoms with Crippen LogP contribution >= 0.6 is 11.6 Å². The Kier molecular flexibility index (Phi) is 7.79. The molecular formula is C8H8BClF3KO. The van der Waals surface area contributed by atoms with Crippen molar-refractivity contribution in [2.24, 2.45) is 0 Å². The Labute approximate surface area is 134 Å². The number of hydrogen-bond acceptors (Lipinski definition) is 1. The molecule has 0 heterocycles. The van der Waals surface area contributed by atoms with E-state index in [1.165, 1.54) is 0 Å². The van der Waals surface area contributed by atoms with E-state index in [0.29, 0.717) is 10.6 Å². The molecule has 0 bridgehead atoms. The first-order chi connectivity index (χ1) is 6.49. The van der Waals surface area contributed by atoms with Crippen molar-refractivity contribution in [3.63, 3.8) is 0 Å². The second-order valence-corrected chi connectivity index (χ2v) is 3.22. The van der Waals surface area contributed by atoms with Gasteiger partial charge in [0.15, 0.2) is 0 Å². The Bertz CT molecular complexity index is 308. The van der Waals surface area contributed by atoms with Crippen molar-refractivity contribution in [3.8, 4) is 0 Å². The van der Waals surface area contributed by atoms with Crippen LogP contribution in [0.3, 0.4) is 0 Å². The van der Waals surface area contributed by atoms with Crippen LogP contribution in [0.5, 0.6) is 0 Å². The van der Waals surface area contributed by atoms with Gasteiger partial charge in [-0.3, -0.25) is 0 Å². The van der Waals surface area contributed by atoms with E-state index in [4.69, 9.17) is 11.6 Å². The molecule has 15 heavy (non-hydrogen) atoms. The van der Waals surface area contributed by atoms with Crippen molar-refractivity contribution in [2.75, 3.05) is 6.51 Å². The van der Waals surface area contributed by atoms with Crippen LogP contribution in [0, 0.1) is 0 Å². The van der Waals surface area contributed by atoms with E-state index in [1.54, 1.807) is 24.3 Å². The van der Waals surface area contributed by atoms with Gasteiger partial charge in [0.05, 0.1) is 6.61 Å². The molecule has 0 unspecified atom stereocenters. The normalized spacial score (nSPS) is 10.9. The third kappa shape index (κ3) is 6.99. The summed E-state index contributed by atoms with van der Waals surface area (Å²) in [4.78, 5) is 0. The topological polar surface area (TPSA) is 9.23 Å². The van der Waals surface area contributed by atoms with Crippen molar-refractivity contribution >= 4 is 18.6 Å². The number of hydrogen-bond donors (Lipinski definition) is 0. The van der Waals surface area contributed by atoms with E-state index in [0.717, 1.165) is 0 Å². The molecule has 0 amide bonds. The Hall–Kier alpha value is 0.961. The predicted octanol–water partition coefficient (Wildman–Crippen LogP) is 0.247. The quantitative estimate of drug-likeness (QED) is 0.707. The first kappa shape index (κ1) is 16.0. The Morgan fingerprint density at radius 3 is 2.33 bits per heavy atom. The zero-order chi connectivity index (χ0) is 10.6. The van der Waals surface area contributed by atoms with Crippen molar-refractivity contribution < 1.29 is 69.1 Å². The Morgan fingerprint density at radius 2 is 1.80 bits per heavy atom. The summed E-state index contributed by atoms with van der Waals surface area (Å²) < 4.78 is 39.8. The van der Waals surface area contributed by atoms with Gasteiger partial charge in [-0.2, -0.15) is 0 Å². The van der Waals surface area contributed by atoms with Crippen LogP contribution in [0.4, 0.5) is 12.9 Å². The smallest absolute Gasteiger partial charge is 0.447 e. The van der Waals surface area contributed by atoms with Crippen molar-refractivity contribution in [3.05, 3.63) is 34.9 Å². The minimum atomic E-state index is -4.88. The fraction of sp³-hybridized carbons (Fsp3) is 0.250. The fourth-order valence-electron chi connectivity index (χ4n) is 0.918. The van der Waals surface area contributed by atoms with Gasteiger partial charge in [0, 0.05) is 11.5 Å². The van der Waals surface area contributed by atoms with Gasteiger partial charge in [0.1, 0.15) is 0 Å². The minimum Gasteiger partial charge on any atom is -0.447 e. The van der Waals surface area contributed by atoms with E-state index in [2.05, 4.69) is 4.74 Å². The molecular weight excluding hydrogens is 254 g/mol. The van der Waals surface area contributed by atoms with Crippen LogP contribution in [-0.2, 0) is 11.3 Å². The first-order valence-corrected chi connectivity index (χ1v) is 4.39. The van der Waals surface area contributed by atoms with E-state index in [9.17, 15) is 12.9 Å². The van der Waals surface area contributed by atoms with Crippen LogP contribution < -0.4 is 51.4 Å². The third-order valence-corrected chi connectivity index (χ3v) is 1.89. The standard InChI is InChI=1S/C8H8BClF3O.K/c10-8-4-2-1-3-7(8)5-14-6-9(11,12)13;/h1-4H,5-6H2;/q-1;+1. The number of halogens is 4.